The van der Waals surface area contributed by atoms with Crippen LogP contribution in [0, 0.1) is 0 Å². The van der Waals surface area contributed by atoms with Crippen molar-refractivity contribution >= 4 is 20.7 Å². The van der Waals surface area contributed by atoms with Gasteiger partial charge >= 0.3 is 0 Å². The Balaban J connectivity index is 2.28. The van der Waals surface area contributed by atoms with Gasteiger partial charge in [0, 0.05) is 36.4 Å². The average Bonchev–Trinajstić information content (AvgIpc) is 2.76. The number of sulfone groups is 1. The van der Waals surface area contributed by atoms with Crippen LogP contribution in [-0.4, -0.2) is 31.5 Å². The van der Waals surface area contributed by atoms with Gasteiger partial charge in [0.2, 0.25) is 0 Å². The molecule has 4 nitrogen and oxygen atoms in total. The molecule has 1 aromatic heterocycles. The average molecular weight is 280 g/mol. The Morgan fingerprint density at radius 1 is 1.26 bits per heavy atom. The normalized spacial score (nSPS) is 12.1. The fraction of sp³-hybridized carbons (Fsp3) is 0.429. The number of benzene rings is 1. The maximum Gasteiger partial charge on any atom is 0.149 e. The minimum Gasteiger partial charge on any atom is -0.346 e. The molecule has 1 aromatic carbocycles. The molecule has 0 aliphatic carbocycles. The highest BCUT2D eigenvalue weighted by Crippen LogP contribution is 2.20. The van der Waals surface area contributed by atoms with Crippen molar-refractivity contribution in [1.82, 2.24) is 9.88 Å². The van der Waals surface area contributed by atoms with Crippen LogP contribution in [0.4, 0.5) is 0 Å². The summed E-state index contributed by atoms with van der Waals surface area (Å²) in [7, 11) is -2.93. The third-order valence-electron chi connectivity index (χ3n) is 3.17. The number of hydrogen-bond donors (Lipinski definition) is 1. The first-order chi connectivity index (χ1) is 9.01. The van der Waals surface area contributed by atoms with E-state index in [1.165, 1.54) is 17.2 Å². The van der Waals surface area contributed by atoms with Crippen molar-refractivity contribution in [2.45, 2.75) is 20.0 Å². The number of aromatic nitrogens is 1. The number of hydrogen-bond acceptors (Lipinski definition) is 3. The van der Waals surface area contributed by atoms with E-state index in [4.69, 9.17) is 0 Å². The van der Waals surface area contributed by atoms with Gasteiger partial charge in [0.15, 0.2) is 0 Å². The zero-order chi connectivity index (χ0) is 13.9. The van der Waals surface area contributed by atoms with Crippen molar-refractivity contribution in [3.05, 3.63) is 36.0 Å². The van der Waals surface area contributed by atoms with Gasteiger partial charge in [0.1, 0.15) is 9.84 Å². The van der Waals surface area contributed by atoms with Crippen molar-refractivity contribution in [3.63, 3.8) is 0 Å². The Labute approximate surface area is 114 Å². The van der Waals surface area contributed by atoms with E-state index in [2.05, 4.69) is 24.4 Å². The molecule has 2 aromatic rings. The molecule has 0 saturated heterocycles. The van der Waals surface area contributed by atoms with E-state index in [9.17, 15) is 8.42 Å². The second-order valence-corrected chi connectivity index (χ2v) is 7.03. The maximum atomic E-state index is 11.2. The zero-order valence-corrected chi connectivity index (χ0v) is 12.2. The molecular weight excluding hydrogens is 260 g/mol. The lowest BCUT2D eigenvalue weighted by atomic mass is 10.1. The van der Waals surface area contributed by atoms with Crippen LogP contribution in [-0.2, 0) is 22.9 Å². The Morgan fingerprint density at radius 2 is 2.05 bits per heavy atom. The monoisotopic (exact) mass is 280 g/mol. The van der Waals surface area contributed by atoms with Crippen LogP contribution in [0.15, 0.2) is 30.5 Å². The first-order valence-corrected chi connectivity index (χ1v) is 8.52. The van der Waals surface area contributed by atoms with Crippen LogP contribution < -0.4 is 5.32 Å². The molecule has 0 bridgehead atoms. The second kappa shape index (κ2) is 5.75. The van der Waals surface area contributed by atoms with E-state index >= 15 is 0 Å². The van der Waals surface area contributed by atoms with E-state index in [1.54, 1.807) is 0 Å². The highest BCUT2D eigenvalue weighted by Gasteiger charge is 2.07. The predicted octanol–water partition coefficient (Wildman–Crippen LogP) is 1.80. The molecule has 1 heterocycles. The van der Waals surface area contributed by atoms with Gasteiger partial charge in [-0.25, -0.2) is 8.42 Å². The molecule has 0 amide bonds. The summed E-state index contributed by atoms with van der Waals surface area (Å²) >= 11 is 0. The summed E-state index contributed by atoms with van der Waals surface area (Å²) < 4.78 is 24.5. The minimum absolute atomic E-state index is 0.175. The number of nitrogens with zero attached hydrogens (tertiary/aromatic N) is 1. The molecule has 0 spiro atoms. The largest absolute Gasteiger partial charge is 0.346 e. The Hall–Kier alpha value is -1.33. The molecule has 1 N–H and O–H groups in total. The number of nitrogens with one attached hydrogen (secondary N) is 1. The van der Waals surface area contributed by atoms with E-state index < -0.39 is 9.84 Å². The highest BCUT2D eigenvalue weighted by molar-refractivity contribution is 7.90. The topological polar surface area (TPSA) is 51.1 Å². The molecule has 5 heteroatoms. The zero-order valence-electron chi connectivity index (χ0n) is 11.4. The summed E-state index contributed by atoms with van der Waals surface area (Å²) in [4.78, 5) is 0. The summed E-state index contributed by atoms with van der Waals surface area (Å²) in [6, 6.07) is 8.22. The third-order valence-corrected chi connectivity index (χ3v) is 4.10. The molecule has 0 saturated carbocycles. The van der Waals surface area contributed by atoms with E-state index in [-0.39, 0.29) is 5.75 Å². The van der Waals surface area contributed by atoms with Gasteiger partial charge in [-0.2, -0.15) is 0 Å². The quantitative estimate of drug-likeness (QED) is 0.878. The van der Waals surface area contributed by atoms with E-state index in [0.29, 0.717) is 6.54 Å². The van der Waals surface area contributed by atoms with Crippen molar-refractivity contribution in [3.8, 4) is 0 Å². The van der Waals surface area contributed by atoms with Crippen LogP contribution in [0.3, 0.4) is 0 Å². The summed E-state index contributed by atoms with van der Waals surface area (Å²) in [6.45, 7) is 4.36. The smallest absolute Gasteiger partial charge is 0.149 e. The van der Waals surface area contributed by atoms with E-state index in [1.807, 2.05) is 22.9 Å². The molecule has 104 valence electrons. The fourth-order valence-electron chi connectivity index (χ4n) is 2.16. The van der Waals surface area contributed by atoms with Gasteiger partial charge in [0.05, 0.1) is 5.75 Å². The lowest BCUT2D eigenvalue weighted by molar-refractivity contribution is 0.596. The van der Waals surface area contributed by atoms with Crippen LogP contribution >= 0.6 is 0 Å². The summed E-state index contributed by atoms with van der Waals surface area (Å²) in [5, 5.41) is 4.51. The summed E-state index contributed by atoms with van der Waals surface area (Å²) in [6.07, 6.45) is 3.24. The molecule has 0 fully saturated rings. The molecule has 0 atom stereocenters. The van der Waals surface area contributed by atoms with Gasteiger partial charge in [-0.05, 0) is 24.2 Å². The lowest BCUT2D eigenvalue weighted by Crippen LogP contribution is -2.12. The van der Waals surface area contributed by atoms with Crippen LogP contribution in [0.5, 0.6) is 0 Å². The Kier molecular flexibility index (Phi) is 4.27. The maximum absolute atomic E-state index is 11.2. The second-order valence-electron chi connectivity index (χ2n) is 4.77. The number of rotatable bonds is 6. The van der Waals surface area contributed by atoms with Crippen LogP contribution in [0.25, 0.3) is 10.9 Å². The van der Waals surface area contributed by atoms with Crippen molar-refractivity contribution in [1.29, 1.82) is 0 Å². The molecule has 0 aliphatic rings. The van der Waals surface area contributed by atoms with Crippen molar-refractivity contribution in [2.24, 2.45) is 0 Å². The van der Waals surface area contributed by atoms with Crippen LogP contribution in [0.1, 0.15) is 12.5 Å². The first kappa shape index (κ1) is 14.1. The van der Waals surface area contributed by atoms with Gasteiger partial charge in [-0.3, -0.25) is 0 Å². The number of fused-ring (bicyclic) bond motifs is 1. The summed E-state index contributed by atoms with van der Waals surface area (Å²) in [5.74, 6) is 0.175. The summed E-state index contributed by atoms with van der Waals surface area (Å²) in [5.41, 5.74) is 2.34. The van der Waals surface area contributed by atoms with Crippen molar-refractivity contribution in [2.75, 3.05) is 18.6 Å². The lowest BCUT2D eigenvalue weighted by Gasteiger charge is -2.07. The third kappa shape index (κ3) is 3.58. The highest BCUT2D eigenvalue weighted by atomic mass is 32.2. The van der Waals surface area contributed by atoms with E-state index in [0.717, 1.165) is 18.6 Å². The molecule has 19 heavy (non-hydrogen) atoms. The molecule has 0 radical (unpaired) electrons. The van der Waals surface area contributed by atoms with Gasteiger partial charge in [-0.1, -0.05) is 19.1 Å². The molecule has 0 aliphatic heterocycles. The van der Waals surface area contributed by atoms with Gasteiger partial charge in [-0.15, -0.1) is 0 Å². The minimum atomic E-state index is -2.93. The van der Waals surface area contributed by atoms with Crippen LogP contribution in [0.2, 0.25) is 0 Å². The van der Waals surface area contributed by atoms with Gasteiger partial charge < -0.3 is 9.88 Å². The molecule has 2 rings (SSSR count). The van der Waals surface area contributed by atoms with Crippen molar-refractivity contribution < 1.29 is 8.42 Å². The predicted molar refractivity (Wildman–Crippen MR) is 79.0 cm³/mol. The first-order valence-electron chi connectivity index (χ1n) is 6.46. The SMILES string of the molecule is CCNCc1cccc2c1ccn2CCS(C)(=O)=O. The molecular formula is C14H20N2O2S. The standard InChI is InChI=1S/C14H20N2O2S/c1-3-15-11-12-5-4-6-14-13(12)7-8-16(14)9-10-19(2,17)18/h4-8,15H,3,9-11H2,1-2H3. The fourth-order valence-corrected chi connectivity index (χ4v) is 2.69. The Morgan fingerprint density at radius 3 is 2.74 bits per heavy atom. The molecule has 0 unspecified atom stereocenters. The van der Waals surface area contributed by atoms with Gasteiger partial charge in [0.25, 0.3) is 0 Å². The Bertz CT molecular complexity index is 659. The number of aryl methyl sites for hydroxylation is 1.